The highest BCUT2D eigenvalue weighted by molar-refractivity contribution is 5.81. The lowest BCUT2D eigenvalue weighted by atomic mass is 10.2. The predicted molar refractivity (Wildman–Crippen MR) is 65.8 cm³/mol. The third kappa shape index (κ3) is 3.94. The minimum Gasteiger partial charge on any atom is -0.395 e. The van der Waals surface area contributed by atoms with Crippen molar-refractivity contribution in [1.82, 2.24) is 9.80 Å². The van der Waals surface area contributed by atoms with Gasteiger partial charge in [-0.05, 0) is 20.8 Å². The van der Waals surface area contributed by atoms with Crippen LogP contribution in [0.4, 0.5) is 0 Å². The summed E-state index contributed by atoms with van der Waals surface area (Å²) in [6.07, 6.45) is 0. The lowest BCUT2D eigenvalue weighted by Crippen LogP contribution is -2.53. The molecule has 5 heteroatoms. The van der Waals surface area contributed by atoms with Crippen molar-refractivity contribution in [3.63, 3.8) is 0 Å². The number of rotatable bonds is 5. The van der Waals surface area contributed by atoms with Crippen molar-refractivity contribution in [3.05, 3.63) is 0 Å². The van der Waals surface area contributed by atoms with E-state index < -0.39 is 0 Å². The molecule has 1 unspecified atom stereocenters. The first kappa shape index (κ1) is 14.4. The van der Waals surface area contributed by atoms with Crippen LogP contribution in [-0.2, 0) is 9.53 Å². The zero-order valence-corrected chi connectivity index (χ0v) is 11.1. The number of hydrogen-bond acceptors (Lipinski definition) is 4. The zero-order valence-electron chi connectivity index (χ0n) is 11.1. The van der Waals surface area contributed by atoms with E-state index in [9.17, 15) is 4.79 Å². The number of aliphatic hydroxyl groups excluding tert-OH is 1. The van der Waals surface area contributed by atoms with Crippen LogP contribution in [-0.4, -0.2) is 72.4 Å². The van der Waals surface area contributed by atoms with Gasteiger partial charge in [-0.3, -0.25) is 9.69 Å². The van der Waals surface area contributed by atoms with E-state index in [1.54, 1.807) is 0 Å². The Kier molecular flexibility index (Phi) is 5.88. The maximum atomic E-state index is 12.3. The fourth-order valence-corrected chi connectivity index (χ4v) is 2.20. The third-order valence-electron chi connectivity index (χ3n) is 3.20. The van der Waals surface area contributed by atoms with Gasteiger partial charge in [-0.2, -0.15) is 0 Å². The van der Waals surface area contributed by atoms with E-state index in [2.05, 4.69) is 0 Å². The van der Waals surface area contributed by atoms with Crippen molar-refractivity contribution in [2.24, 2.45) is 0 Å². The normalized spacial score (nSPS) is 18.8. The minimum atomic E-state index is -0.180. The molecule has 1 saturated heterocycles. The second-order valence-electron chi connectivity index (χ2n) is 4.67. The highest BCUT2D eigenvalue weighted by atomic mass is 16.5. The number of amides is 1. The van der Waals surface area contributed by atoms with Crippen LogP contribution in [0, 0.1) is 0 Å². The summed E-state index contributed by atoms with van der Waals surface area (Å²) in [5.74, 6) is 0.135. The topological polar surface area (TPSA) is 53.0 Å². The molecular weight excluding hydrogens is 220 g/mol. The van der Waals surface area contributed by atoms with Crippen molar-refractivity contribution in [2.75, 3.05) is 39.5 Å². The molecular formula is C12H24N2O3. The number of ether oxygens (including phenoxy) is 1. The first-order valence-electron chi connectivity index (χ1n) is 6.31. The molecule has 5 nitrogen and oxygen atoms in total. The first-order valence-corrected chi connectivity index (χ1v) is 6.31. The number of aliphatic hydroxyl groups is 1. The molecule has 0 aromatic rings. The van der Waals surface area contributed by atoms with Gasteiger partial charge >= 0.3 is 0 Å². The smallest absolute Gasteiger partial charge is 0.239 e. The van der Waals surface area contributed by atoms with Crippen LogP contribution in [0.5, 0.6) is 0 Å². The largest absolute Gasteiger partial charge is 0.395 e. The Morgan fingerprint density at radius 1 is 1.35 bits per heavy atom. The molecule has 17 heavy (non-hydrogen) atoms. The van der Waals surface area contributed by atoms with Gasteiger partial charge in [0.15, 0.2) is 0 Å². The summed E-state index contributed by atoms with van der Waals surface area (Å²) in [6, 6.07) is 0.0717. The summed E-state index contributed by atoms with van der Waals surface area (Å²) < 4.78 is 5.24. The molecule has 1 aliphatic rings. The van der Waals surface area contributed by atoms with Gasteiger partial charge in [-0.15, -0.1) is 0 Å². The molecule has 1 amide bonds. The van der Waals surface area contributed by atoms with Crippen LogP contribution >= 0.6 is 0 Å². The molecule has 1 heterocycles. The maximum absolute atomic E-state index is 12.3. The van der Waals surface area contributed by atoms with Crippen molar-refractivity contribution in [1.29, 1.82) is 0 Å². The summed E-state index contributed by atoms with van der Waals surface area (Å²) in [5, 5.41) is 9.04. The number of carbonyl (C=O) groups is 1. The summed E-state index contributed by atoms with van der Waals surface area (Å²) in [4.78, 5) is 16.1. The molecule has 1 rings (SSSR count). The lowest BCUT2D eigenvalue weighted by molar-refractivity contribution is -0.141. The molecule has 0 bridgehead atoms. The third-order valence-corrected chi connectivity index (χ3v) is 3.20. The summed E-state index contributed by atoms with van der Waals surface area (Å²) in [7, 11) is 0. The second kappa shape index (κ2) is 6.93. The first-order chi connectivity index (χ1) is 8.07. The second-order valence-corrected chi connectivity index (χ2v) is 4.67. The quantitative estimate of drug-likeness (QED) is 0.736. The summed E-state index contributed by atoms with van der Waals surface area (Å²) >= 11 is 0. The van der Waals surface area contributed by atoms with Crippen molar-refractivity contribution in [3.8, 4) is 0 Å². The van der Waals surface area contributed by atoms with Gasteiger partial charge in [0.05, 0.1) is 25.9 Å². The Labute approximate surface area is 103 Å². The summed E-state index contributed by atoms with van der Waals surface area (Å²) in [5.41, 5.74) is 0. The standard InChI is InChI=1S/C12H24N2O3/c1-10(2)14(4-7-15)11(3)12(16)13-5-8-17-9-6-13/h10-11,15H,4-9H2,1-3H3. The van der Waals surface area contributed by atoms with Gasteiger partial charge < -0.3 is 14.7 Å². The highest BCUT2D eigenvalue weighted by Gasteiger charge is 2.28. The van der Waals surface area contributed by atoms with Crippen LogP contribution in [0.3, 0.4) is 0 Å². The zero-order chi connectivity index (χ0) is 12.8. The van der Waals surface area contributed by atoms with Crippen molar-refractivity contribution >= 4 is 5.91 Å². The van der Waals surface area contributed by atoms with Gasteiger partial charge in [0.2, 0.25) is 5.91 Å². The van der Waals surface area contributed by atoms with E-state index in [1.165, 1.54) is 0 Å². The Morgan fingerprint density at radius 2 is 1.94 bits per heavy atom. The average Bonchev–Trinajstić information content (AvgIpc) is 2.35. The molecule has 0 saturated carbocycles. The van der Waals surface area contributed by atoms with E-state index in [0.29, 0.717) is 32.8 Å². The molecule has 0 aliphatic carbocycles. The molecule has 1 atom stereocenters. The SMILES string of the molecule is CC(C)N(CCO)C(C)C(=O)N1CCOCC1. The van der Waals surface area contributed by atoms with Crippen LogP contribution in [0.1, 0.15) is 20.8 Å². The molecule has 0 aromatic heterocycles. The molecule has 0 radical (unpaired) electrons. The van der Waals surface area contributed by atoms with Gasteiger partial charge in [0, 0.05) is 25.7 Å². The Hall–Kier alpha value is -0.650. The van der Waals surface area contributed by atoms with Crippen LogP contribution in [0.2, 0.25) is 0 Å². The monoisotopic (exact) mass is 244 g/mol. The fourth-order valence-electron chi connectivity index (χ4n) is 2.20. The van der Waals surface area contributed by atoms with Gasteiger partial charge in [-0.1, -0.05) is 0 Å². The number of hydrogen-bond donors (Lipinski definition) is 1. The van der Waals surface area contributed by atoms with E-state index in [1.807, 2.05) is 30.6 Å². The van der Waals surface area contributed by atoms with E-state index in [4.69, 9.17) is 9.84 Å². The summed E-state index contributed by atoms with van der Waals surface area (Å²) in [6.45, 7) is 9.21. The lowest BCUT2D eigenvalue weighted by Gasteiger charge is -2.36. The van der Waals surface area contributed by atoms with Crippen LogP contribution < -0.4 is 0 Å². The molecule has 0 spiro atoms. The number of carbonyl (C=O) groups excluding carboxylic acids is 1. The molecule has 1 N–H and O–H groups in total. The van der Waals surface area contributed by atoms with Gasteiger partial charge in [-0.25, -0.2) is 0 Å². The van der Waals surface area contributed by atoms with Crippen molar-refractivity contribution < 1.29 is 14.6 Å². The Bertz CT molecular complexity index is 240. The molecule has 100 valence electrons. The Morgan fingerprint density at radius 3 is 2.41 bits per heavy atom. The molecule has 1 aliphatic heterocycles. The van der Waals surface area contributed by atoms with Gasteiger partial charge in [0.1, 0.15) is 0 Å². The van der Waals surface area contributed by atoms with E-state index in [0.717, 1.165) is 0 Å². The van der Waals surface area contributed by atoms with E-state index >= 15 is 0 Å². The molecule has 0 aromatic carbocycles. The van der Waals surface area contributed by atoms with Crippen molar-refractivity contribution in [2.45, 2.75) is 32.9 Å². The molecule has 1 fully saturated rings. The Balaban J connectivity index is 2.58. The highest BCUT2D eigenvalue weighted by Crippen LogP contribution is 2.09. The fraction of sp³-hybridized carbons (Fsp3) is 0.917. The van der Waals surface area contributed by atoms with Crippen LogP contribution in [0.15, 0.2) is 0 Å². The minimum absolute atomic E-state index is 0.0823. The predicted octanol–water partition coefficient (Wildman–Crippen LogP) is -0.0636. The van der Waals surface area contributed by atoms with Gasteiger partial charge in [0.25, 0.3) is 0 Å². The van der Waals surface area contributed by atoms with E-state index in [-0.39, 0.29) is 24.6 Å². The average molecular weight is 244 g/mol. The maximum Gasteiger partial charge on any atom is 0.239 e. The number of nitrogens with zero attached hydrogens (tertiary/aromatic N) is 2. The van der Waals surface area contributed by atoms with Crippen LogP contribution in [0.25, 0.3) is 0 Å². The number of morpholine rings is 1.